The molecular formula is C36H40F6N8O7. The molecule has 57 heavy (non-hydrogen) atoms. The second-order valence-electron chi connectivity index (χ2n) is 15.3. The van der Waals surface area contributed by atoms with E-state index in [0.29, 0.717) is 12.1 Å². The Morgan fingerprint density at radius 1 is 0.965 bits per heavy atom. The second kappa shape index (κ2) is 16.0. The smallest absolute Gasteiger partial charge is 0.425 e. The summed E-state index contributed by atoms with van der Waals surface area (Å²) in [5.74, 6) is -3.42. The largest absolute Gasteiger partial charge is 0.464 e. The van der Waals surface area contributed by atoms with Crippen molar-refractivity contribution in [1.29, 1.82) is 0 Å². The topological polar surface area (TPSA) is 185 Å². The number of anilines is 2. The normalized spacial score (nSPS) is 16.9. The third-order valence-electron chi connectivity index (χ3n) is 8.69. The third-order valence-corrected chi connectivity index (χ3v) is 8.69. The molecule has 4 aromatic rings. The number of nitrogens with one attached hydrogen (secondary N) is 1. The summed E-state index contributed by atoms with van der Waals surface area (Å²) in [5.41, 5.74) is -5.52. The summed E-state index contributed by atoms with van der Waals surface area (Å²) in [6.45, 7) is 8.68. The molecular weight excluding hydrogens is 770 g/mol. The van der Waals surface area contributed by atoms with Gasteiger partial charge in [-0.2, -0.15) is 4.90 Å². The van der Waals surface area contributed by atoms with Gasteiger partial charge in [0, 0.05) is 24.2 Å². The summed E-state index contributed by atoms with van der Waals surface area (Å²) in [6.07, 6.45) is -9.67. The summed E-state index contributed by atoms with van der Waals surface area (Å²) in [6, 6.07) is 2.17. The SMILES string of the molecule is CC(C)(C)OC(=O)NC1(C(O)C(F)F)CCCN(c2cnc(-c3cc(F)c(F)cc3C(F)F)cc2Cn2cnc3c(N(C(=O)O)C(=O)OC(C)(C)C)ncnc32)C1. The fourth-order valence-corrected chi connectivity index (χ4v) is 6.36. The molecule has 1 aliphatic rings. The summed E-state index contributed by atoms with van der Waals surface area (Å²) in [4.78, 5) is 56.6. The summed E-state index contributed by atoms with van der Waals surface area (Å²) in [5, 5.41) is 23.2. The molecule has 2 atom stereocenters. The number of carbonyl (C=O) groups is 3. The van der Waals surface area contributed by atoms with Crippen molar-refractivity contribution in [3.05, 3.63) is 59.8 Å². The highest BCUT2D eigenvalue weighted by Crippen LogP contribution is 2.37. The monoisotopic (exact) mass is 810 g/mol. The van der Waals surface area contributed by atoms with Gasteiger partial charge < -0.3 is 34.5 Å². The van der Waals surface area contributed by atoms with E-state index in [1.807, 2.05) is 0 Å². The Morgan fingerprint density at radius 3 is 2.25 bits per heavy atom. The molecule has 2 unspecified atom stereocenters. The highest BCUT2D eigenvalue weighted by atomic mass is 19.3. The number of carboxylic acid groups (broad SMARTS) is 1. The Kier molecular flexibility index (Phi) is 11.9. The molecule has 0 bridgehead atoms. The zero-order chi connectivity index (χ0) is 42.2. The van der Waals surface area contributed by atoms with Gasteiger partial charge in [-0.05, 0) is 78.1 Å². The first-order valence-corrected chi connectivity index (χ1v) is 17.4. The molecule has 1 saturated heterocycles. The van der Waals surface area contributed by atoms with Crippen molar-refractivity contribution in [3.8, 4) is 11.3 Å². The number of benzene rings is 1. The summed E-state index contributed by atoms with van der Waals surface area (Å²) < 4.78 is 97.4. The molecule has 15 nitrogen and oxygen atoms in total. The number of alkyl carbamates (subject to hydrolysis) is 1. The van der Waals surface area contributed by atoms with Crippen LogP contribution in [0.3, 0.4) is 0 Å². The number of pyridine rings is 1. The van der Waals surface area contributed by atoms with Gasteiger partial charge in [0.05, 0.1) is 36.0 Å². The lowest BCUT2D eigenvalue weighted by atomic mass is 9.83. The minimum Gasteiger partial charge on any atom is -0.464 e. The van der Waals surface area contributed by atoms with E-state index < -0.39 is 89.1 Å². The second-order valence-corrected chi connectivity index (χ2v) is 15.3. The molecule has 0 radical (unpaired) electrons. The number of rotatable bonds is 9. The molecule has 0 spiro atoms. The number of carbonyl (C=O) groups excluding carboxylic acids is 2. The number of aliphatic hydroxyl groups excluding tert-OH is 1. The van der Waals surface area contributed by atoms with Crippen molar-refractivity contribution in [2.24, 2.45) is 0 Å². The molecule has 3 amide bonds. The van der Waals surface area contributed by atoms with Gasteiger partial charge in [-0.15, -0.1) is 0 Å². The van der Waals surface area contributed by atoms with Crippen LogP contribution in [-0.2, 0) is 16.0 Å². The average molecular weight is 811 g/mol. The molecule has 308 valence electrons. The van der Waals surface area contributed by atoms with Crippen molar-refractivity contribution < 1.29 is 60.4 Å². The highest BCUT2D eigenvalue weighted by molar-refractivity contribution is 6.11. The molecule has 3 aromatic heterocycles. The third kappa shape index (κ3) is 9.46. The van der Waals surface area contributed by atoms with Crippen LogP contribution in [0.1, 0.15) is 71.9 Å². The maximum Gasteiger partial charge on any atom is 0.425 e. The summed E-state index contributed by atoms with van der Waals surface area (Å²) in [7, 11) is 0. The number of alkyl halides is 4. The molecule has 0 saturated carbocycles. The molecule has 1 aliphatic heterocycles. The molecule has 3 N–H and O–H groups in total. The fourth-order valence-electron chi connectivity index (χ4n) is 6.36. The van der Waals surface area contributed by atoms with Crippen LogP contribution in [0.5, 0.6) is 0 Å². The first-order chi connectivity index (χ1) is 26.5. The minimum absolute atomic E-state index is 0.0343. The Labute approximate surface area is 321 Å². The van der Waals surface area contributed by atoms with Crippen LogP contribution in [0.15, 0.2) is 37.1 Å². The maximum absolute atomic E-state index is 14.5. The first-order valence-electron chi connectivity index (χ1n) is 17.4. The van der Waals surface area contributed by atoms with Gasteiger partial charge in [0.15, 0.2) is 28.6 Å². The van der Waals surface area contributed by atoms with Crippen molar-refractivity contribution >= 4 is 40.9 Å². The molecule has 5 rings (SSSR count). The van der Waals surface area contributed by atoms with Crippen molar-refractivity contribution in [1.82, 2.24) is 29.8 Å². The van der Waals surface area contributed by atoms with Gasteiger partial charge in [0.2, 0.25) is 0 Å². The van der Waals surface area contributed by atoms with Crippen LogP contribution < -0.4 is 15.1 Å². The number of hydrogen-bond donors (Lipinski definition) is 3. The standard InChI is InChI=1S/C36H40F6N8O7/c1-34(2,3)56-31(52)47-36(26(51)28(41)42)8-7-9-48(15-36)24-13-43-23(19-11-21(37)22(38)12-20(19)27(39)40)10-18(24)14-49-17-46-25-29(49)44-16-45-30(25)50(32(53)54)33(55)57-35(4,5)6/h10-13,16-17,26-28,51H,7-9,14-15H2,1-6H3,(H,47,52)(H,53,54). The van der Waals surface area contributed by atoms with Crippen molar-refractivity contribution in [3.63, 3.8) is 0 Å². The van der Waals surface area contributed by atoms with Crippen LogP contribution in [-0.4, -0.2) is 95.4 Å². The number of aliphatic hydroxyl groups is 1. The predicted molar refractivity (Wildman–Crippen MR) is 191 cm³/mol. The Balaban J connectivity index is 1.65. The molecule has 0 aliphatic carbocycles. The van der Waals surface area contributed by atoms with E-state index in [4.69, 9.17) is 9.47 Å². The van der Waals surface area contributed by atoms with Gasteiger partial charge in [0.25, 0.3) is 12.9 Å². The van der Waals surface area contributed by atoms with E-state index in [0.717, 1.165) is 6.33 Å². The summed E-state index contributed by atoms with van der Waals surface area (Å²) >= 11 is 0. The number of hydrogen-bond acceptors (Lipinski definition) is 11. The van der Waals surface area contributed by atoms with E-state index in [2.05, 4.69) is 25.3 Å². The number of nitrogens with zero attached hydrogens (tertiary/aromatic N) is 7. The number of amides is 3. The van der Waals surface area contributed by atoms with Gasteiger partial charge in [0.1, 0.15) is 23.6 Å². The highest BCUT2D eigenvalue weighted by Gasteiger charge is 2.48. The van der Waals surface area contributed by atoms with Gasteiger partial charge in [-0.1, -0.05) is 0 Å². The number of imide groups is 1. The van der Waals surface area contributed by atoms with Crippen molar-refractivity contribution in [2.75, 3.05) is 22.9 Å². The maximum atomic E-state index is 14.5. The van der Waals surface area contributed by atoms with E-state index in [9.17, 15) is 50.9 Å². The predicted octanol–water partition coefficient (Wildman–Crippen LogP) is 7.06. The number of piperidine rings is 1. The zero-order valence-electron chi connectivity index (χ0n) is 31.6. The van der Waals surface area contributed by atoms with E-state index in [1.165, 1.54) is 48.8 Å². The van der Waals surface area contributed by atoms with Gasteiger partial charge in [-0.3, -0.25) is 4.98 Å². The lowest BCUT2D eigenvalue weighted by Gasteiger charge is -2.46. The quantitative estimate of drug-likeness (QED) is 0.147. The lowest BCUT2D eigenvalue weighted by molar-refractivity contribution is -0.0664. The van der Waals surface area contributed by atoms with Crippen LogP contribution in [0.4, 0.5) is 52.2 Å². The number of aromatic nitrogens is 5. The Hall–Kier alpha value is -5.73. The van der Waals surface area contributed by atoms with Crippen LogP contribution in [0, 0.1) is 11.6 Å². The van der Waals surface area contributed by atoms with E-state index in [-0.39, 0.29) is 58.9 Å². The lowest BCUT2D eigenvalue weighted by Crippen LogP contribution is -2.67. The molecule has 1 aromatic carbocycles. The first kappa shape index (κ1) is 42.4. The van der Waals surface area contributed by atoms with Gasteiger partial charge in [-0.25, -0.2) is 55.7 Å². The van der Waals surface area contributed by atoms with Crippen LogP contribution in [0.2, 0.25) is 0 Å². The Bertz CT molecular complexity index is 2160. The number of imidazole rings is 1. The zero-order valence-corrected chi connectivity index (χ0v) is 31.6. The molecule has 4 heterocycles. The number of halogens is 6. The van der Waals surface area contributed by atoms with Crippen molar-refractivity contribution in [2.45, 2.75) is 96.6 Å². The number of fused-ring (bicyclic) bond motifs is 1. The Morgan fingerprint density at radius 2 is 1.63 bits per heavy atom. The minimum atomic E-state index is -3.31. The van der Waals surface area contributed by atoms with E-state index >= 15 is 0 Å². The average Bonchev–Trinajstić information content (AvgIpc) is 3.50. The van der Waals surface area contributed by atoms with Crippen LogP contribution >= 0.6 is 0 Å². The fraction of sp³-hybridized carbons (Fsp3) is 0.472. The van der Waals surface area contributed by atoms with E-state index in [1.54, 1.807) is 20.8 Å². The van der Waals surface area contributed by atoms with Crippen LogP contribution in [0.25, 0.3) is 22.4 Å². The number of ether oxygens (including phenoxy) is 2. The van der Waals surface area contributed by atoms with Gasteiger partial charge >= 0.3 is 18.3 Å². The molecule has 1 fully saturated rings. The molecule has 21 heteroatoms.